The van der Waals surface area contributed by atoms with E-state index in [1.165, 1.54) is 7.11 Å². The Bertz CT molecular complexity index is 718. The lowest BCUT2D eigenvalue weighted by Gasteiger charge is -2.38. The van der Waals surface area contributed by atoms with Gasteiger partial charge in [0.25, 0.3) is 0 Å². The summed E-state index contributed by atoms with van der Waals surface area (Å²) in [7, 11) is 1.26. The van der Waals surface area contributed by atoms with Gasteiger partial charge in [0.15, 0.2) is 0 Å². The number of amides is 2. The van der Waals surface area contributed by atoms with Crippen LogP contribution in [0.15, 0.2) is 0 Å². The molecule has 33 heavy (non-hydrogen) atoms. The molecule has 9 nitrogen and oxygen atoms in total. The Morgan fingerprint density at radius 2 is 1.70 bits per heavy atom. The molecule has 0 aromatic heterocycles. The average Bonchev–Trinajstić information content (AvgIpc) is 2.75. The van der Waals surface area contributed by atoms with E-state index in [0.717, 1.165) is 11.3 Å². The topological polar surface area (TPSA) is 116 Å². The molecule has 9 heteroatoms. The van der Waals surface area contributed by atoms with Crippen molar-refractivity contribution in [3.63, 3.8) is 0 Å². The normalized spacial score (nSPS) is 25.2. The molecule has 0 bridgehead atoms. The van der Waals surface area contributed by atoms with Gasteiger partial charge in [-0.1, -0.05) is 13.8 Å². The summed E-state index contributed by atoms with van der Waals surface area (Å²) in [6, 6.07) is 0. The van der Waals surface area contributed by atoms with Crippen molar-refractivity contribution < 1.29 is 38.2 Å². The highest BCUT2D eigenvalue weighted by Crippen LogP contribution is 2.36. The van der Waals surface area contributed by atoms with Gasteiger partial charge in [0.1, 0.15) is 5.78 Å². The summed E-state index contributed by atoms with van der Waals surface area (Å²) in [4.78, 5) is 62.4. The number of esters is 2. The molecule has 2 fully saturated rings. The maximum Gasteiger partial charge on any atom is 0.308 e. The molecular formula is C24H37NO8. The van der Waals surface area contributed by atoms with Gasteiger partial charge in [0.05, 0.1) is 39.3 Å². The Morgan fingerprint density at radius 3 is 2.30 bits per heavy atom. The Hall–Kier alpha value is -2.29. The standard InChI is InChI=1S/C24H37NO8/c1-5-32-23(29)7-9-33-19(18-11-15(2)10-16(3)24(18)30)12-17-13-20(26)25(21(27)14-17)8-6-22(28)31-4/h15-19H,5-14H2,1-4H3/t15-,16?,18?,19+/m0/s1. The molecule has 0 aromatic rings. The van der Waals surface area contributed by atoms with Crippen LogP contribution in [0.1, 0.15) is 65.7 Å². The molecule has 2 unspecified atom stereocenters. The number of carbonyl (C=O) groups is 5. The molecule has 1 saturated carbocycles. The lowest BCUT2D eigenvalue weighted by atomic mass is 9.71. The summed E-state index contributed by atoms with van der Waals surface area (Å²) in [5.41, 5.74) is 0. The molecule has 0 spiro atoms. The Labute approximate surface area is 195 Å². The second-order valence-corrected chi connectivity index (χ2v) is 9.23. The third-order valence-electron chi connectivity index (χ3n) is 6.52. The number of imide groups is 1. The van der Waals surface area contributed by atoms with Crippen LogP contribution in [-0.4, -0.2) is 67.4 Å². The number of hydrogen-bond acceptors (Lipinski definition) is 8. The first-order valence-electron chi connectivity index (χ1n) is 11.9. The van der Waals surface area contributed by atoms with Crippen molar-refractivity contribution in [1.29, 1.82) is 0 Å². The maximum absolute atomic E-state index is 13.0. The smallest absolute Gasteiger partial charge is 0.308 e. The van der Waals surface area contributed by atoms with E-state index in [2.05, 4.69) is 11.7 Å². The number of carbonyl (C=O) groups excluding carboxylic acids is 5. The van der Waals surface area contributed by atoms with Crippen molar-refractivity contribution in [3.05, 3.63) is 0 Å². The van der Waals surface area contributed by atoms with E-state index in [-0.39, 0.29) is 86.8 Å². The van der Waals surface area contributed by atoms with E-state index < -0.39 is 12.1 Å². The molecule has 1 heterocycles. The van der Waals surface area contributed by atoms with Crippen molar-refractivity contribution in [2.45, 2.75) is 71.8 Å². The number of rotatable bonds is 11. The van der Waals surface area contributed by atoms with Crippen LogP contribution in [0.5, 0.6) is 0 Å². The minimum atomic E-state index is -0.480. The van der Waals surface area contributed by atoms with Crippen LogP contribution in [-0.2, 0) is 38.2 Å². The number of piperidine rings is 1. The quantitative estimate of drug-likeness (QED) is 0.336. The molecule has 1 aliphatic carbocycles. The summed E-state index contributed by atoms with van der Waals surface area (Å²) in [5.74, 6) is -1.66. The lowest BCUT2D eigenvalue weighted by molar-refractivity contribution is -0.152. The lowest BCUT2D eigenvalue weighted by Crippen LogP contribution is -2.46. The molecule has 1 saturated heterocycles. The number of hydrogen-bond donors (Lipinski definition) is 0. The van der Waals surface area contributed by atoms with E-state index in [1.54, 1.807) is 6.92 Å². The van der Waals surface area contributed by atoms with E-state index >= 15 is 0 Å². The monoisotopic (exact) mass is 467 g/mol. The number of nitrogens with zero attached hydrogens (tertiary/aromatic N) is 1. The summed E-state index contributed by atoms with van der Waals surface area (Å²) in [6.07, 6.45) is 1.79. The largest absolute Gasteiger partial charge is 0.469 e. The van der Waals surface area contributed by atoms with E-state index in [0.29, 0.717) is 18.8 Å². The number of Topliss-reactive ketones (excluding diaryl/α,β-unsaturated/α-hetero) is 1. The molecule has 186 valence electrons. The maximum atomic E-state index is 13.0. The van der Waals surface area contributed by atoms with E-state index in [4.69, 9.17) is 9.47 Å². The van der Waals surface area contributed by atoms with E-state index in [9.17, 15) is 24.0 Å². The number of methoxy groups -OCH3 is 1. The fourth-order valence-electron chi connectivity index (χ4n) is 4.92. The van der Waals surface area contributed by atoms with Crippen LogP contribution in [0, 0.1) is 23.7 Å². The Kier molecular flexibility index (Phi) is 10.5. The molecule has 1 aliphatic heterocycles. The fourth-order valence-corrected chi connectivity index (χ4v) is 4.92. The van der Waals surface area contributed by atoms with Gasteiger partial charge in [-0.25, -0.2) is 0 Å². The number of likely N-dealkylation sites (tertiary alicyclic amines) is 1. The summed E-state index contributed by atoms with van der Waals surface area (Å²) < 4.78 is 15.6. The van der Waals surface area contributed by atoms with Crippen molar-refractivity contribution in [2.24, 2.45) is 23.7 Å². The summed E-state index contributed by atoms with van der Waals surface area (Å²) >= 11 is 0. The van der Waals surface area contributed by atoms with Gasteiger partial charge in [0, 0.05) is 31.2 Å². The van der Waals surface area contributed by atoms with Crippen molar-refractivity contribution in [3.8, 4) is 0 Å². The first-order chi connectivity index (χ1) is 15.7. The Balaban J connectivity index is 2.05. The van der Waals surface area contributed by atoms with Gasteiger partial charge in [-0.3, -0.25) is 28.9 Å². The van der Waals surface area contributed by atoms with Crippen LogP contribution < -0.4 is 0 Å². The SMILES string of the molecule is CCOC(=O)CCO[C@H](CC1CC(=O)N(CCC(=O)OC)C(=O)C1)C1C[C@@H](C)CC(C)C1=O. The summed E-state index contributed by atoms with van der Waals surface area (Å²) in [6.45, 7) is 6.18. The first-order valence-corrected chi connectivity index (χ1v) is 11.9. The van der Waals surface area contributed by atoms with Crippen LogP contribution in [0.4, 0.5) is 0 Å². The minimum absolute atomic E-state index is 0.00662. The average molecular weight is 468 g/mol. The molecule has 2 aliphatic rings. The summed E-state index contributed by atoms with van der Waals surface area (Å²) in [5, 5.41) is 0. The number of ketones is 1. The third kappa shape index (κ3) is 7.91. The van der Waals surface area contributed by atoms with Gasteiger partial charge in [-0.05, 0) is 38.0 Å². The second kappa shape index (κ2) is 12.8. The second-order valence-electron chi connectivity index (χ2n) is 9.23. The van der Waals surface area contributed by atoms with Crippen molar-refractivity contribution in [2.75, 3.05) is 26.9 Å². The predicted octanol–water partition coefficient (Wildman–Crippen LogP) is 2.29. The highest BCUT2D eigenvalue weighted by molar-refractivity contribution is 5.98. The number of ether oxygens (including phenoxy) is 3. The highest BCUT2D eigenvalue weighted by atomic mass is 16.5. The highest BCUT2D eigenvalue weighted by Gasteiger charge is 2.41. The third-order valence-corrected chi connectivity index (χ3v) is 6.52. The zero-order valence-electron chi connectivity index (χ0n) is 20.2. The fraction of sp³-hybridized carbons (Fsp3) is 0.792. The first kappa shape index (κ1) is 27.0. The van der Waals surface area contributed by atoms with Gasteiger partial charge >= 0.3 is 11.9 Å². The van der Waals surface area contributed by atoms with E-state index in [1.807, 2.05) is 6.92 Å². The molecule has 0 aromatic carbocycles. The van der Waals surface area contributed by atoms with Crippen LogP contribution >= 0.6 is 0 Å². The van der Waals surface area contributed by atoms with Gasteiger partial charge in [-0.2, -0.15) is 0 Å². The zero-order valence-corrected chi connectivity index (χ0v) is 20.2. The zero-order chi connectivity index (χ0) is 24.5. The molecule has 0 radical (unpaired) electrons. The predicted molar refractivity (Wildman–Crippen MR) is 118 cm³/mol. The molecule has 0 N–H and O–H groups in total. The van der Waals surface area contributed by atoms with Crippen molar-refractivity contribution >= 4 is 29.5 Å². The molecule has 2 amide bonds. The minimum Gasteiger partial charge on any atom is -0.469 e. The van der Waals surface area contributed by atoms with Crippen molar-refractivity contribution in [1.82, 2.24) is 4.90 Å². The van der Waals surface area contributed by atoms with Crippen LogP contribution in [0.3, 0.4) is 0 Å². The van der Waals surface area contributed by atoms with Gasteiger partial charge in [0.2, 0.25) is 11.8 Å². The molecule has 4 atom stereocenters. The van der Waals surface area contributed by atoms with Crippen LogP contribution in [0.25, 0.3) is 0 Å². The van der Waals surface area contributed by atoms with Gasteiger partial charge in [-0.15, -0.1) is 0 Å². The Morgan fingerprint density at radius 1 is 1.03 bits per heavy atom. The van der Waals surface area contributed by atoms with Crippen LogP contribution in [0.2, 0.25) is 0 Å². The molecule has 2 rings (SSSR count). The van der Waals surface area contributed by atoms with Gasteiger partial charge < -0.3 is 14.2 Å². The molecular weight excluding hydrogens is 430 g/mol.